The second-order valence-corrected chi connectivity index (χ2v) is 9.38. The average molecular weight is 513 g/mol. The molecule has 1 saturated heterocycles. The van der Waals surface area contributed by atoms with E-state index in [4.69, 9.17) is 11.6 Å². The van der Waals surface area contributed by atoms with Gasteiger partial charge < -0.3 is 10.2 Å². The summed E-state index contributed by atoms with van der Waals surface area (Å²) in [5, 5.41) is 3.77. The number of anilines is 1. The maximum absolute atomic E-state index is 13.4. The highest BCUT2D eigenvalue weighted by molar-refractivity contribution is 9.10. The molecule has 0 aromatic heterocycles. The Bertz CT molecular complexity index is 1040. The van der Waals surface area contributed by atoms with E-state index in [-0.39, 0.29) is 12.1 Å². The van der Waals surface area contributed by atoms with Gasteiger partial charge in [-0.05, 0) is 58.1 Å². The van der Waals surface area contributed by atoms with Crippen molar-refractivity contribution < 1.29 is 4.79 Å². The maximum atomic E-state index is 13.4. The Labute approximate surface area is 203 Å². The fraction of sp³-hybridized carbons (Fsp3) is 0.269. The van der Waals surface area contributed by atoms with Crippen molar-refractivity contribution in [1.29, 1.82) is 0 Å². The number of benzene rings is 3. The van der Waals surface area contributed by atoms with Crippen molar-refractivity contribution in [3.05, 3.63) is 99.5 Å². The molecule has 0 aliphatic carbocycles. The van der Waals surface area contributed by atoms with Crippen LogP contribution in [0.5, 0.6) is 0 Å². The summed E-state index contributed by atoms with van der Waals surface area (Å²) in [6, 6.07) is 26.0. The van der Waals surface area contributed by atoms with Crippen LogP contribution < -0.4 is 5.32 Å². The van der Waals surface area contributed by atoms with E-state index in [0.29, 0.717) is 11.6 Å². The molecule has 6 heteroatoms. The number of nitrogens with zero attached hydrogens (tertiary/aromatic N) is 2. The normalized spacial score (nSPS) is 14.8. The van der Waals surface area contributed by atoms with E-state index < -0.39 is 0 Å². The van der Waals surface area contributed by atoms with E-state index in [2.05, 4.69) is 50.4 Å². The molecular weight excluding hydrogens is 486 g/mol. The number of hydrogen-bond donors (Lipinski definition) is 1. The second-order valence-electron chi connectivity index (χ2n) is 8.12. The molecule has 3 aromatic rings. The number of para-hydroxylation sites is 1. The van der Waals surface area contributed by atoms with E-state index >= 15 is 0 Å². The van der Waals surface area contributed by atoms with Gasteiger partial charge in [-0.2, -0.15) is 0 Å². The summed E-state index contributed by atoms with van der Waals surface area (Å²) in [4.78, 5) is 17.8. The highest BCUT2D eigenvalue weighted by Crippen LogP contribution is 2.26. The van der Waals surface area contributed by atoms with Gasteiger partial charge in [0.05, 0.1) is 5.69 Å². The molecule has 4 nitrogen and oxygen atoms in total. The van der Waals surface area contributed by atoms with Crippen molar-refractivity contribution in [1.82, 2.24) is 9.80 Å². The molecule has 0 unspecified atom stereocenters. The maximum Gasteiger partial charge on any atom is 0.322 e. The summed E-state index contributed by atoms with van der Waals surface area (Å²) in [7, 11) is 0. The first kappa shape index (κ1) is 22.8. The van der Waals surface area contributed by atoms with Crippen molar-refractivity contribution >= 4 is 39.2 Å². The van der Waals surface area contributed by atoms with Crippen LogP contribution in [0.1, 0.15) is 24.0 Å². The first-order valence-electron chi connectivity index (χ1n) is 10.9. The van der Waals surface area contributed by atoms with Crippen LogP contribution in [0.2, 0.25) is 5.02 Å². The zero-order chi connectivity index (χ0) is 22.3. The van der Waals surface area contributed by atoms with E-state index in [1.165, 1.54) is 5.56 Å². The Hall–Kier alpha value is -2.34. The Morgan fingerprint density at radius 2 is 1.62 bits per heavy atom. The number of amides is 2. The Morgan fingerprint density at radius 3 is 2.34 bits per heavy atom. The molecule has 166 valence electrons. The minimum absolute atomic E-state index is 0.0988. The van der Waals surface area contributed by atoms with Gasteiger partial charge in [0.15, 0.2) is 0 Å². The molecule has 0 spiro atoms. The van der Waals surface area contributed by atoms with Crippen LogP contribution in [0.25, 0.3) is 0 Å². The summed E-state index contributed by atoms with van der Waals surface area (Å²) >= 11 is 9.96. The number of carbonyl (C=O) groups excluding carboxylic acids is 1. The third-order valence-corrected chi connectivity index (χ3v) is 6.98. The molecular formula is C26H27BrClN3O. The number of hydrogen-bond acceptors (Lipinski definition) is 2. The van der Waals surface area contributed by atoms with E-state index in [0.717, 1.165) is 48.2 Å². The number of halogens is 2. The predicted molar refractivity (Wildman–Crippen MR) is 135 cm³/mol. The summed E-state index contributed by atoms with van der Waals surface area (Å²) in [6.07, 6.45) is 1.86. The van der Waals surface area contributed by atoms with Crippen LogP contribution in [0.4, 0.5) is 10.5 Å². The van der Waals surface area contributed by atoms with Crippen LogP contribution >= 0.6 is 27.5 Å². The Kier molecular flexibility index (Phi) is 7.85. The molecule has 1 fully saturated rings. The Morgan fingerprint density at radius 1 is 0.969 bits per heavy atom. The lowest BCUT2D eigenvalue weighted by Crippen LogP contribution is -2.48. The lowest BCUT2D eigenvalue weighted by Gasteiger charge is -2.38. The van der Waals surface area contributed by atoms with Gasteiger partial charge in [0.1, 0.15) is 0 Å². The fourth-order valence-electron chi connectivity index (χ4n) is 4.16. The molecule has 1 N–H and O–H groups in total. The van der Waals surface area contributed by atoms with Crippen molar-refractivity contribution in [2.24, 2.45) is 0 Å². The van der Waals surface area contributed by atoms with Crippen LogP contribution in [-0.4, -0.2) is 35.0 Å². The van der Waals surface area contributed by atoms with Crippen molar-refractivity contribution in [2.45, 2.75) is 32.0 Å². The highest BCUT2D eigenvalue weighted by atomic mass is 79.9. The average Bonchev–Trinajstić information content (AvgIpc) is 2.81. The molecule has 1 heterocycles. The zero-order valence-corrected chi connectivity index (χ0v) is 20.2. The van der Waals surface area contributed by atoms with E-state index in [1.807, 2.05) is 59.5 Å². The third-order valence-electron chi connectivity index (χ3n) is 5.92. The number of likely N-dealkylation sites (tertiary alicyclic amines) is 1. The minimum Gasteiger partial charge on any atom is -0.317 e. The standard InChI is InChI=1S/C26H27BrClN3O/c27-23-11-5-7-13-25(23)29-26(32)31(19-21-10-4-6-12-24(21)28)22-14-16-30(17-15-22)18-20-8-2-1-3-9-20/h1-13,22H,14-19H2,(H,29,32). The van der Waals surface area contributed by atoms with Gasteiger partial charge in [-0.3, -0.25) is 4.90 Å². The fourth-order valence-corrected chi connectivity index (χ4v) is 4.74. The van der Waals surface area contributed by atoms with Gasteiger partial charge in [0, 0.05) is 41.7 Å². The molecule has 0 radical (unpaired) electrons. The largest absolute Gasteiger partial charge is 0.322 e. The second kappa shape index (κ2) is 11.0. The number of carbonyl (C=O) groups is 1. The van der Waals surface area contributed by atoms with Gasteiger partial charge in [-0.25, -0.2) is 4.79 Å². The summed E-state index contributed by atoms with van der Waals surface area (Å²) in [5.41, 5.74) is 3.05. The smallest absolute Gasteiger partial charge is 0.317 e. The van der Waals surface area contributed by atoms with E-state index in [1.54, 1.807) is 0 Å². The molecule has 4 rings (SSSR count). The van der Waals surface area contributed by atoms with Crippen molar-refractivity contribution in [2.75, 3.05) is 18.4 Å². The first-order valence-corrected chi connectivity index (χ1v) is 12.1. The zero-order valence-electron chi connectivity index (χ0n) is 17.9. The lowest BCUT2D eigenvalue weighted by atomic mass is 10.0. The molecule has 0 atom stereocenters. The molecule has 0 bridgehead atoms. The van der Waals surface area contributed by atoms with Gasteiger partial charge in [0.2, 0.25) is 0 Å². The molecule has 3 aromatic carbocycles. The van der Waals surface area contributed by atoms with Crippen LogP contribution in [-0.2, 0) is 13.1 Å². The van der Waals surface area contributed by atoms with Crippen molar-refractivity contribution in [3.8, 4) is 0 Å². The van der Waals surface area contributed by atoms with Gasteiger partial charge >= 0.3 is 6.03 Å². The quantitative estimate of drug-likeness (QED) is 0.394. The molecule has 1 aliphatic heterocycles. The number of nitrogens with one attached hydrogen (secondary N) is 1. The van der Waals surface area contributed by atoms with Crippen LogP contribution in [0, 0.1) is 0 Å². The van der Waals surface area contributed by atoms with Gasteiger partial charge in [-0.15, -0.1) is 0 Å². The SMILES string of the molecule is O=C(Nc1ccccc1Br)N(Cc1ccccc1Cl)C1CCN(Cc2ccccc2)CC1. The van der Waals surface area contributed by atoms with Gasteiger partial charge in [0.25, 0.3) is 0 Å². The summed E-state index contributed by atoms with van der Waals surface area (Å²) in [5.74, 6) is 0. The molecule has 32 heavy (non-hydrogen) atoms. The first-order chi connectivity index (χ1) is 15.6. The van der Waals surface area contributed by atoms with Crippen LogP contribution in [0.3, 0.4) is 0 Å². The summed E-state index contributed by atoms with van der Waals surface area (Å²) in [6.45, 7) is 3.35. The Balaban J connectivity index is 1.47. The number of urea groups is 1. The van der Waals surface area contributed by atoms with Gasteiger partial charge in [-0.1, -0.05) is 72.3 Å². The highest BCUT2D eigenvalue weighted by Gasteiger charge is 2.29. The molecule has 0 saturated carbocycles. The molecule has 2 amide bonds. The summed E-state index contributed by atoms with van der Waals surface area (Å²) < 4.78 is 0.865. The molecule has 1 aliphatic rings. The topological polar surface area (TPSA) is 35.6 Å². The lowest BCUT2D eigenvalue weighted by molar-refractivity contribution is 0.120. The minimum atomic E-state index is -0.0988. The number of piperidine rings is 1. The predicted octanol–water partition coefficient (Wildman–Crippen LogP) is 6.80. The third kappa shape index (κ3) is 5.91. The monoisotopic (exact) mass is 511 g/mol. The van der Waals surface area contributed by atoms with Crippen LogP contribution in [0.15, 0.2) is 83.3 Å². The van der Waals surface area contributed by atoms with Crippen molar-refractivity contribution in [3.63, 3.8) is 0 Å². The number of rotatable bonds is 6. The van der Waals surface area contributed by atoms with E-state index in [9.17, 15) is 4.79 Å².